The highest BCUT2D eigenvalue weighted by Gasteiger charge is 2.20. The Morgan fingerprint density at radius 3 is 2.29 bits per heavy atom. The summed E-state index contributed by atoms with van der Waals surface area (Å²) in [6.45, 7) is 8.14. The smallest absolute Gasteiger partial charge is 0.257 e. The van der Waals surface area contributed by atoms with Gasteiger partial charge in [-0.2, -0.15) is 0 Å². The fourth-order valence-electron chi connectivity index (χ4n) is 3.51. The number of hydrogen-bond acceptors (Lipinski definition) is 6. The molecule has 7 nitrogen and oxygen atoms in total. The molecule has 0 spiro atoms. The van der Waals surface area contributed by atoms with E-state index >= 15 is 0 Å². The number of rotatable bonds is 4. The predicted molar refractivity (Wildman–Crippen MR) is 109 cm³/mol. The molecule has 0 bridgehead atoms. The van der Waals surface area contributed by atoms with Crippen LogP contribution < -0.4 is 15.1 Å². The Hall–Kier alpha value is -2.64. The Morgan fingerprint density at radius 2 is 1.64 bits per heavy atom. The number of benzene rings is 1. The average Bonchev–Trinajstić information content (AvgIpc) is 2.75. The predicted octanol–water partition coefficient (Wildman–Crippen LogP) is 2.32. The molecule has 1 N–H and O–H groups in total. The van der Waals surface area contributed by atoms with E-state index in [1.54, 1.807) is 12.3 Å². The molecule has 2 fully saturated rings. The van der Waals surface area contributed by atoms with E-state index in [2.05, 4.69) is 32.2 Å². The van der Waals surface area contributed by atoms with Crippen LogP contribution in [0.25, 0.3) is 0 Å². The first-order valence-electron chi connectivity index (χ1n) is 9.74. The third kappa shape index (κ3) is 4.26. The van der Waals surface area contributed by atoms with E-state index in [4.69, 9.17) is 9.47 Å². The zero-order valence-electron chi connectivity index (χ0n) is 16.2. The number of carbonyl (C=O) groups excluding carboxylic acids is 1. The molecule has 3 heterocycles. The van der Waals surface area contributed by atoms with Gasteiger partial charge >= 0.3 is 0 Å². The Kier molecular flexibility index (Phi) is 5.73. The van der Waals surface area contributed by atoms with Crippen LogP contribution in [-0.4, -0.2) is 63.5 Å². The first-order chi connectivity index (χ1) is 13.7. The number of nitrogens with one attached hydrogen (secondary N) is 1. The fraction of sp³-hybridized carbons (Fsp3) is 0.429. The Morgan fingerprint density at radius 1 is 0.964 bits per heavy atom. The van der Waals surface area contributed by atoms with Gasteiger partial charge in [-0.15, -0.1) is 0 Å². The van der Waals surface area contributed by atoms with Crippen molar-refractivity contribution in [3.63, 3.8) is 0 Å². The molecule has 1 aromatic carbocycles. The van der Waals surface area contributed by atoms with E-state index in [0.717, 1.165) is 62.1 Å². The van der Waals surface area contributed by atoms with Gasteiger partial charge in [-0.05, 0) is 37.3 Å². The minimum atomic E-state index is -0.152. The van der Waals surface area contributed by atoms with Crippen LogP contribution in [0.3, 0.4) is 0 Å². The van der Waals surface area contributed by atoms with Gasteiger partial charge in [0.25, 0.3) is 5.91 Å². The number of nitrogens with zero attached hydrogens (tertiary/aromatic N) is 3. The van der Waals surface area contributed by atoms with Crippen molar-refractivity contribution in [3.05, 3.63) is 47.8 Å². The van der Waals surface area contributed by atoms with Gasteiger partial charge in [0.05, 0.1) is 43.4 Å². The second-order valence-electron chi connectivity index (χ2n) is 7.04. The summed E-state index contributed by atoms with van der Waals surface area (Å²) in [6, 6.07) is 9.88. The molecule has 2 saturated heterocycles. The summed E-state index contributed by atoms with van der Waals surface area (Å²) >= 11 is 0. The molecule has 148 valence electrons. The third-order valence-electron chi connectivity index (χ3n) is 5.13. The summed E-state index contributed by atoms with van der Waals surface area (Å²) in [6.07, 6.45) is 1.61. The van der Waals surface area contributed by atoms with Crippen molar-refractivity contribution in [2.75, 3.05) is 67.7 Å². The maximum atomic E-state index is 12.7. The number of ether oxygens (including phenoxy) is 2. The Bertz CT molecular complexity index is 813. The topological polar surface area (TPSA) is 66.9 Å². The Labute approximate surface area is 165 Å². The van der Waals surface area contributed by atoms with E-state index in [0.29, 0.717) is 18.8 Å². The van der Waals surface area contributed by atoms with Crippen molar-refractivity contribution >= 4 is 23.0 Å². The quantitative estimate of drug-likeness (QED) is 0.875. The summed E-state index contributed by atoms with van der Waals surface area (Å²) < 4.78 is 11.0. The number of carbonyl (C=O) groups is 1. The molecular weight excluding hydrogens is 356 g/mol. The van der Waals surface area contributed by atoms with Crippen molar-refractivity contribution in [2.24, 2.45) is 0 Å². The normalized spacial score (nSPS) is 17.5. The largest absolute Gasteiger partial charge is 0.378 e. The first kappa shape index (κ1) is 18.7. The lowest BCUT2D eigenvalue weighted by molar-refractivity contribution is 0.102. The van der Waals surface area contributed by atoms with E-state index in [9.17, 15) is 4.79 Å². The molecular formula is C21H26N4O3. The number of pyridine rings is 1. The second-order valence-corrected chi connectivity index (χ2v) is 7.04. The molecule has 0 saturated carbocycles. The van der Waals surface area contributed by atoms with Gasteiger partial charge in [0.1, 0.15) is 0 Å². The third-order valence-corrected chi connectivity index (χ3v) is 5.13. The zero-order valence-corrected chi connectivity index (χ0v) is 16.2. The van der Waals surface area contributed by atoms with Crippen molar-refractivity contribution in [1.29, 1.82) is 0 Å². The van der Waals surface area contributed by atoms with Crippen molar-refractivity contribution in [2.45, 2.75) is 6.92 Å². The molecule has 2 aliphatic heterocycles. The standard InChI is InChI=1S/C21H26N4O3/c1-16-2-3-17(15-22-16)21(26)23-19-5-4-18(24-6-10-27-11-7-24)14-20(19)25-8-12-28-13-9-25/h2-5,14-15H,6-13H2,1H3,(H,23,26). The number of hydrogen-bond donors (Lipinski definition) is 1. The number of anilines is 3. The number of morpholine rings is 2. The lowest BCUT2D eigenvalue weighted by Gasteiger charge is -2.33. The molecule has 0 radical (unpaired) electrons. The molecule has 28 heavy (non-hydrogen) atoms. The molecule has 2 aromatic rings. The summed E-state index contributed by atoms with van der Waals surface area (Å²) in [4.78, 5) is 21.5. The van der Waals surface area contributed by atoms with E-state index in [-0.39, 0.29) is 5.91 Å². The van der Waals surface area contributed by atoms with Crippen LogP contribution in [0.2, 0.25) is 0 Å². The summed E-state index contributed by atoms with van der Waals surface area (Å²) in [5, 5.41) is 3.07. The Balaban J connectivity index is 1.60. The highest BCUT2D eigenvalue weighted by Crippen LogP contribution is 2.32. The van der Waals surface area contributed by atoms with Crippen LogP contribution in [0.1, 0.15) is 16.1 Å². The lowest BCUT2D eigenvalue weighted by atomic mass is 10.1. The highest BCUT2D eigenvalue weighted by molar-refractivity contribution is 6.06. The van der Waals surface area contributed by atoms with Crippen LogP contribution in [-0.2, 0) is 9.47 Å². The number of aromatic nitrogens is 1. The minimum Gasteiger partial charge on any atom is -0.378 e. The molecule has 2 aliphatic rings. The van der Waals surface area contributed by atoms with Crippen LogP contribution in [0.4, 0.5) is 17.1 Å². The van der Waals surface area contributed by atoms with E-state index < -0.39 is 0 Å². The summed E-state index contributed by atoms with van der Waals surface area (Å²) in [7, 11) is 0. The van der Waals surface area contributed by atoms with Gasteiger partial charge in [0.2, 0.25) is 0 Å². The summed E-state index contributed by atoms with van der Waals surface area (Å²) in [5.41, 5.74) is 4.43. The van der Waals surface area contributed by atoms with Crippen molar-refractivity contribution < 1.29 is 14.3 Å². The first-order valence-corrected chi connectivity index (χ1v) is 9.74. The molecule has 0 unspecified atom stereocenters. The van der Waals surface area contributed by atoms with Gasteiger partial charge in [0.15, 0.2) is 0 Å². The number of aryl methyl sites for hydroxylation is 1. The second kappa shape index (κ2) is 8.58. The van der Waals surface area contributed by atoms with Gasteiger partial charge in [-0.1, -0.05) is 0 Å². The fourth-order valence-corrected chi connectivity index (χ4v) is 3.51. The SMILES string of the molecule is Cc1ccc(C(=O)Nc2ccc(N3CCOCC3)cc2N2CCOCC2)cn1. The number of amides is 1. The van der Waals surface area contributed by atoms with Gasteiger partial charge in [-0.25, -0.2) is 0 Å². The molecule has 7 heteroatoms. The average molecular weight is 382 g/mol. The van der Waals surface area contributed by atoms with Crippen molar-refractivity contribution in [1.82, 2.24) is 4.98 Å². The van der Waals surface area contributed by atoms with Gasteiger partial charge < -0.3 is 24.6 Å². The lowest BCUT2D eigenvalue weighted by Crippen LogP contribution is -2.38. The zero-order chi connectivity index (χ0) is 19.3. The summed E-state index contributed by atoms with van der Waals surface area (Å²) in [5.74, 6) is -0.152. The van der Waals surface area contributed by atoms with Crippen molar-refractivity contribution in [3.8, 4) is 0 Å². The molecule has 1 aromatic heterocycles. The van der Waals surface area contributed by atoms with Gasteiger partial charge in [0, 0.05) is 43.8 Å². The molecule has 4 rings (SSSR count). The van der Waals surface area contributed by atoms with E-state index in [1.807, 2.05) is 19.1 Å². The van der Waals surface area contributed by atoms with Crippen LogP contribution >= 0.6 is 0 Å². The minimum absolute atomic E-state index is 0.152. The van der Waals surface area contributed by atoms with Crippen LogP contribution in [0, 0.1) is 6.92 Å². The maximum absolute atomic E-state index is 12.7. The van der Waals surface area contributed by atoms with Crippen LogP contribution in [0.15, 0.2) is 36.5 Å². The van der Waals surface area contributed by atoms with Crippen LogP contribution in [0.5, 0.6) is 0 Å². The van der Waals surface area contributed by atoms with E-state index in [1.165, 1.54) is 0 Å². The maximum Gasteiger partial charge on any atom is 0.257 e. The molecule has 0 atom stereocenters. The monoisotopic (exact) mass is 382 g/mol. The molecule has 1 amide bonds. The van der Waals surface area contributed by atoms with Gasteiger partial charge in [-0.3, -0.25) is 9.78 Å². The highest BCUT2D eigenvalue weighted by atomic mass is 16.5. The molecule has 0 aliphatic carbocycles.